The summed E-state index contributed by atoms with van der Waals surface area (Å²) in [5, 5.41) is 13.8. The number of thiol groups is 1. The number of aliphatic hydroxyl groups is 1. The summed E-state index contributed by atoms with van der Waals surface area (Å²) in [6.45, 7) is 3.74. The summed E-state index contributed by atoms with van der Waals surface area (Å²) in [5.74, 6) is 0.0573. The van der Waals surface area contributed by atoms with Crippen LogP contribution in [0.15, 0.2) is 47.4 Å². The highest BCUT2D eigenvalue weighted by molar-refractivity contribution is 7.72. The van der Waals surface area contributed by atoms with Crippen LogP contribution in [0.3, 0.4) is 0 Å². The van der Waals surface area contributed by atoms with Gasteiger partial charge < -0.3 is 10.4 Å². The van der Waals surface area contributed by atoms with Gasteiger partial charge in [-0.2, -0.15) is 0 Å². The molecule has 25 heavy (non-hydrogen) atoms. The van der Waals surface area contributed by atoms with Crippen molar-refractivity contribution in [3.63, 3.8) is 0 Å². The molecule has 0 fully saturated rings. The van der Waals surface area contributed by atoms with Crippen LogP contribution in [0.1, 0.15) is 53.9 Å². The molecule has 1 aliphatic rings. The van der Waals surface area contributed by atoms with Gasteiger partial charge in [-0.05, 0) is 23.8 Å². The predicted molar refractivity (Wildman–Crippen MR) is 96.6 cm³/mol. The Morgan fingerprint density at radius 3 is 2.44 bits per heavy atom. The Morgan fingerprint density at radius 1 is 1.16 bits per heavy atom. The second-order valence-corrected chi connectivity index (χ2v) is 7.65. The standard InChI is InChI=1S/C19H21NO4S/c1-11(2)19(22)13-5-3-12(4-6-13)17-10-18(21)15-9-14(25(23)24)7-8-16(15)20-17/h3-9,11,17-18,20-21,25H,10H2,1-2H3/t17?,18-/m0/s1. The zero-order chi connectivity index (χ0) is 18.1. The number of aliphatic hydroxyl groups excluding tert-OH is 1. The van der Waals surface area contributed by atoms with Crippen LogP contribution < -0.4 is 5.32 Å². The summed E-state index contributed by atoms with van der Waals surface area (Å²) in [4.78, 5) is 12.2. The maximum atomic E-state index is 12.0. The van der Waals surface area contributed by atoms with Gasteiger partial charge in [0.05, 0.1) is 17.0 Å². The van der Waals surface area contributed by atoms with E-state index < -0.39 is 16.8 Å². The number of anilines is 1. The first-order chi connectivity index (χ1) is 11.9. The van der Waals surface area contributed by atoms with Gasteiger partial charge in [0.15, 0.2) is 16.5 Å². The fourth-order valence-electron chi connectivity index (χ4n) is 3.10. The Hall–Kier alpha value is -2.18. The highest BCUT2D eigenvalue weighted by Gasteiger charge is 2.26. The Labute approximate surface area is 148 Å². The minimum absolute atomic E-state index is 0.0472. The van der Waals surface area contributed by atoms with Gasteiger partial charge in [-0.15, -0.1) is 0 Å². The lowest BCUT2D eigenvalue weighted by Crippen LogP contribution is -2.21. The summed E-state index contributed by atoms with van der Waals surface area (Å²) in [5.41, 5.74) is 2.98. The number of carbonyl (C=O) groups excluding carboxylic acids is 1. The Kier molecular flexibility index (Phi) is 4.92. The van der Waals surface area contributed by atoms with Crippen molar-refractivity contribution in [2.45, 2.75) is 37.3 Å². The zero-order valence-corrected chi connectivity index (χ0v) is 15.0. The third kappa shape index (κ3) is 3.60. The first-order valence-electron chi connectivity index (χ1n) is 8.24. The van der Waals surface area contributed by atoms with Crippen molar-refractivity contribution in [2.24, 2.45) is 5.92 Å². The molecule has 1 heterocycles. The van der Waals surface area contributed by atoms with Crippen LogP contribution in [0.25, 0.3) is 0 Å². The van der Waals surface area contributed by atoms with E-state index in [0.717, 1.165) is 11.3 Å². The molecule has 2 atom stereocenters. The molecule has 132 valence electrons. The van der Waals surface area contributed by atoms with Crippen LogP contribution in [0.5, 0.6) is 0 Å². The molecule has 2 N–H and O–H groups in total. The largest absolute Gasteiger partial charge is 0.388 e. The lowest BCUT2D eigenvalue weighted by Gasteiger charge is -2.31. The quantitative estimate of drug-likeness (QED) is 0.577. The van der Waals surface area contributed by atoms with Crippen molar-refractivity contribution in [3.05, 3.63) is 59.2 Å². The molecule has 2 aromatic carbocycles. The van der Waals surface area contributed by atoms with E-state index in [4.69, 9.17) is 0 Å². The second kappa shape index (κ2) is 6.98. The van der Waals surface area contributed by atoms with E-state index in [9.17, 15) is 18.3 Å². The van der Waals surface area contributed by atoms with Gasteiger partial charge >= 0.3 is 0 Å². The molecular formula is C19H21NO4S. The molecule has 0 aliphatic carbocycles. The summed E-state index contributed by atoms with van der Waals surface area (Å²) < 4.78 is 22.2. The SMILES string of the molecule is CC(C)C(=O)c1ccc(C2C[C@H](O)c3cc([SH](=O)=O)ccc3N2)cc1. The number of rotatable bonds is 4. The van der Waals surface area contributed by atoms with Crippen LogP contribution in [0, 0.1) is 5.92 Å². The molecule has 6 heteroatoms. The van der Waals surface area contributed by atoms with E-state index in [2.05, 4.69) is 5.32 Å². The molecule has 0 radical (unpaired) electrons. The number of Topliss-reactive ketones (excluding diaryl/α,β-unsaturated/α-hetero) is 1. The third-order valence-corrected chi connectivity index (χ3v) is 5.22. The minimum Gasteiger partial charge on any atom is -0.388 e. The van der Waals surface area contributed by atoms with E-state index in [0.29, 0.717) is 17.5 Å². The summed E-state index contributed by atoms with van der Waals surface area (Å²) in [7, 11) is -2.67. The van der Waals surface area contributed by atoms with Gasteiger partial charge in [-0.1, -0.05) is 38.1 Å². The van der Waals surface area contributed by atoms with Crippen molar-refractivity contribution in [2.75, 3.05) is 5.32 Å². The Bertz CT molecular complexity index is 863. The van der Waals surface area contributed by atoms with Crippen LogP contribution in [0.2, 0.25) is 0 Å². The molecule has 0 aromatic heterocycles. The molecule has 0 saturated carbocycles. The van der Waals surface area contributed by atoms with Gasteiger partial charge in [0.25, 0.3) is 0 Å². The molecule has 0 amide bonds. The molecule has 0 saturated heterocycles. The van der Waals surface area contributed by atoms with E-state index in [-0.39, 0.29) is 22.6 Å². The van der Waals surface area contributed by atoms with Crippen molar-refractivity contribution in [1.82, 2.24) is 0 Å². The third-order valence-electron chi connectivity index (χ3n) is 4.52. The van der Waals surface area contributed by atoms with Crippen LogP contribution in [-0.4, -0.2) is 19.3 Å². The van der Waals surface area contributed by atoms with E-state index in [1.54, 1.807) is 6.07 Å². The summed E-state index contributed by atoms with van der Waals surface area (Å²) in [6, 6.07) is 12.0. The number of hydrogen-bond donors (Lipinski definition) is 3. The van der Waals surface area contributed by atoms with E-state index in [1.165, 1.54) is 12.1 Å². The topological polar surface area (TPSA) is 83.5 Å². The van der Waals surface area contributed by atoms with E-state index in [1.807, 2.05) is 38.1 Å². The number of carbonyl (C=O) groups is 1. The van der Waals surface area contributed by atoms with Crippen LogP contribution >= 0.6 is 0 Å². The van der Waals surface area contributed by atoms with E-state index >= 15 is 0 Å². The first kappa shape index (κ1) is 17.6. The zero-order valence-electron chi connectivity index (χ0n) is 14.1. The maximum absolute atomic E-state index is 12.0. The fourth-order valence-corrected chi connectivity index (χ4v) is 3.54. The van der Waals surface area contributed by atoms with Crippen LogP contribution in [0.4, 0.5) is 5.69 Å². The number of hydrogen-bond acceptors (Lipinski definition) is 5. The predicted octanol–water partition coefficient (Wildman–Crippen LogP) is 3.09. The molecule has 3 rings (SSSR count). The molecule has 0 spiro atoms. The van der Waals surface area contributed by atoms with Crippen molar-refractivity contribution in [1.29, 1.82) is 0 Å². The second-order valence-electron chi connectivity index (χ2n) is 6.62. The molecule has 1 unspecified atom stereocenters. The normalized spacial score (nSPS) is 19.6. The number of benzene rings is 2. The number of fused-ring (bicyclic) bond motifs is 1. The summed E-state index contributed by atoms with van der Waals surface area (Å²) >= 11 is 0. The van der Waals surface area contributed by atoms with Gasteiger partial charge in [0, 0.05) is 29.2 Å². The van der Waals surface area contributed by atoms with Gasteiger partial charge in [0.1, 0.15) is 0 Å². The lowest BCUT2D eigenvalue weighted by atomic mass is 9.90. The average Bonchev–Trinajstić information content (AvgIpc) is 2.60. The molecule has 5 nitrogen and oxygen atoms in total. The molecule has 0 bridgehead atoms. The molecule has 1 aliphatic heterocycles. The number of nitrogens with one attached hydrogen (secondary N) is 1. The Balaban J connectivity index is 1.85. The summed E-state index contributed by atoms with van der Waals surface area (Å²) in [6.07, 6.45) is -0.308. The first-order valence-corrected chi connectivity index (χ1v) is 9.41. The minimum atomic E-state index is -2.67. The van der Waals surface area contributed by atoms with Crippen molar-refractivity contribution >= 4 is 22.2 Å². The van der Waals surface area contributed by atoms with Gasteiger partial charge in [-0.25, -0.2) is 8.42 Å². The average molecular weight is 359 g/mol. The highest BCUT2D eigenvalue weighted by atomic mass is 32.2. The smallest absolute Gasteiger partial charge is 0.168 e. The van der Waals surface area contributed by atoms with Crippen LogP contribution in [-0.2, 0) is 10.7 Å². The molecule has 2 aromatic rings. The highest BCUT2D eigenvalue weighted by Crippen LogP contribution is 2.39. The van der Waals surface area contributed by atoms with Crippen molar-refractivity contribution in [3.8, 4) is 0 Å². The fraction of sp³-hybridized carbons (Fsp3) is 0.316. The van der Waals surface area contributed by atoms with Gasteiger partial charge in [0.2, 0.25) is 0 Å². The Morgan fingerprint density at radius 2 is 1.84 bits per heavy atom. The maximum Gasteiger partial charge on any atom is 0.168 e. The number of ketones is 1. The van der Waals surface area contributed by atoms with Gasteiger partial charge in [-0.3, -0.25) is 4.79 Å². The lowest BCUT2D eigenvalue weighted by molar-refractivity contribution is 0.0939. The van der Waals surface area contributed by atoms with Crippen molar-refractivity contribution < 1.29 is 18.3 Å². The monoisotopic (exact) mass is 359 g/mol. The molecular weight excluding hydrogens is 338 g/mol.